The van der Waals surface area contributed by atoms with Gasteiger partial charge in [0.2, 0.25) is 0 Å². The molecule has 5 heteroatoms. The number of carbonyl (C=O) groups excluding carboxylic acids is 1. The van der Waals surface area contributed by atoms with Crippen LogP contribution in [0.3, 0.4) is 0 Å². The number of amides is 1. The van der Waals surface area contributed by atoms with E-state index in [4.69, 9.17) is 0 Å². The number of hydrogen-bond acceptors (Lipinski definition) is 2. The zero-order chi connectivity index (χ0) is 18.4. The zero-order valence-electron chi connectivity index (χ0n) is 15.3. The van der Waals surface area contributed by atoms with Crippen LogP contribution in [0.1, 0.15) is 24.9 Å². The van der Waals surface area contributed by atoms with Gasteiger partial charge in [-0.3, -0.25) is 4.79 Å². The summed E-state index contributed by atoms with van der Waals surface area (Å²) in [7, 11) is 0. The Bertz CT molecular complexity index is 697. The molecule has 0 bridgehead atoms. The van der Waals surface area contributed by atoms with Gasteiger partial charge in [0.1, 0.15) is 6.04 Å². The molecule has 1 atom stereocenters. The highest BCUT2D eigenvalue weighted by Gasteiger charge is 2.23. The van der Waals surface area contributed by atoms with Crippen LogP contribution in [-0.4, -0.2) is 43.5 Å². The lowest BCUT2D eigenvalue weighted by Crippen LogP contribution is -2.87. The summed E-state index contributed by atoms with van der Waals surface area (Å²) < 4.78 is 1.09. The molecule has 4 nitrogen and oxygen atoms in total. The Morgan fingerprint density at radius 1 is 1.04 bits per heavy atom. The van der Waals surface area contributed by atoms with Crippen LogP contribution in [0, 0.1) is 0 Å². The summed E-state index contributed by atoms with van der Waals surface area (Å²) in [4.78, 5) is 17.0. The number of quaternary nitrogens is 1. The Morgan fingerprint density at radius 2 is 1.69 bits per heavy atom. The number of benzene rings is 2. The predicted octanol–water partition coefficient (Wildman–Crippen LogP) is 2.81. The van der Waals surface area contributed by atoms with E-state index in [1.165, 1.54) is 11.3 Å². The fraction of sp³-hybridized carbons (Fsp3) is 0.381. The van der Waals surface area contributed by atoms with Crippen molar-refractivity contribution in [1.82, 2.24) is 4.90 Å². The smallest absolute Gasteiger partial charge is 0.277 e. The Morgan fingerprint density at radius 3 is 2.31 bits per heavy atom. The lowest BCUT2D eigenvalue weighted by atomic mass is 10.0. The molecular formula is C21H27BrN3O+. The normalized spacial score (nSPS) is 15.8. The van der Waals surface area contributed by atoms with Crippen LogP contribution < -0.4 is 10.2 Å². The van der Waals surface area contributed by atoms with Gasteiger partial charge in [0.05, 0.1) is 0 Å². The van der Waals surface area contributed by atoms with Gasteiger partial charge in [0.25, 0.3) is 5.91 Å². The van der Waals surface area contributed by atoms with Crippen molar-refractivity contribution in [2.24, 2.45) is 0 Å². The van der Waals surface area contributed by atoms with E-state index in [0.717, 1.165) is 37.1 Å². The molecule has 0 aromatic heterocycles. The standard InChI is InChI=1S/C21H26BrN3O/c1-2-20(17-8-10-18(22)11-9-17)23-16-21(26)25-14-12-24(13-15-25)19-6-4-3-5-7-19/h3-11,20,23H,2,12-16H2,1H3/p+1/t20-/m1/s1. The van der Waals surface area contributed by atoms with E-state index < -0.39 is 0 Å². The number of anilines is 1. The Labute approximate surface area is 164 Å². The van der Waals surface area contributed by atoms with Crippen molar-refractivity contribution in [1.29, 1.82) is 0 Å². The summed E-state index contributed by atoms with van der Waals surface area (Å²) in [5, 5.41) is 2.18. The van der Waals surface area contributed by atoms with Gasteiger partial charge in [0, 0.05) is 48.3 Å². The summed E-state index contributed by atoms with van der Waals surface area (Å²) in [5.41, 5.74) is 2.52. The molecule has 1 aliphatic rings. The Balaban J connectivity index is 1.48. The van der Waals surface area contributed by atoms with E-state index in [2.05, 4.69) is 81.6 Å². The first-order valence-corrected chi connectivity index (χ1v) is 10.1. The topological polar surface area (TPSA) is 40.2 Å². The fourth-order valence-corrected chi connectivity index (χ4v) is 3.74. The van der Waals surface area contributed by atoms with Crippen LogP contribution in [0.2, 0.25) is 0 Å². The number of carbonyl (C=O) groups is 1. The monoisotopic (exact) mass is 416 g/mol. The zero-order valence-corrected chi connectivity index (χ0v) is 16.9. The third kappa shape index (κ3) is 4.86. The second-order valence-electron chi connectivity index (χ2n) is 6.71. The fourth-order valence-electron chi connectivity index (χ4n) is 3.47. The van der Waals surface area contributed by atoms with Crippen LogP contribution in [0.4, 0.5) is 5.69 Å². The van der Waals surface area contributed by atoms with Gasteiger partial charge >= 0.3 is 0 Å². The van der Waals surface area contributed by atoms with E-state index in [-0.39, 0.29) is 5.91 Å². The minimum absolute atomic E-state index is 0.244. The van der Waals surface area contributed by atoms with Crippen LogP contribution in [-0.2, 0) is 4.79 Å². The van der Waals surface area contributed by atoms with E-state index in [0.29, 0.717) is 12.6 Å². The molecule has 2 aromatic carbocycles. The van der Waals surface area contributed by atoms with Crippen LogP contribution in [0.25, 0.3) is 0 Å². The van der Waals surface area contributed by atoms with E-state index >= 15 is 0 Å². The van der Waals surface area contributed by atoms with E-state index in [9.17, 15) is 4.79 Å². The number of hydrogen-bond donors (Lipinski definition) is 1. The van der Waals surface area contributed by atoms with Crippen molar-refractivity contribution in [3.05, 3.63) is 64.6 Å². The highest BCUT2D eigenvalue weighted by atomic mass is 79.9. The van der Waals surface area contributed by atoms with Crippen LogP contribution in [0.5, 0.6) is 0 Å². The van der Waals surface area contributed by atoms with Gasteiger partial charge in [-0.25, -0.2) is 0 Å². The number of rotatable bonds is 6. The molecule has 2 aromatic rings. The first-order chi connectivity index (χ1) is 12.7. The highest BCUT2D eigenvalue weighted by molar-refractivity contribution is 9.10. The predicted molar refractivity (Wildman–Crippen MR) is 109 cm³/mol. The number of piperazine rings is 1. The first kappa shape index (κ1) is 18.9. The van der Waals surface area contributed by atoms with Crippen LogP contribution >= 0.6 is 15.9 Å². The number of para-hydroxylation sites is 1. The molecule has 0 saturated carbocycles. The third-order valence-electron chi connectivity index (χ3n) is 5.07. The first-order valence-electron chi connectivity index (χ1n) is 9.34. The average molecular weight is 417 g/mol. The summed E-state index contributed by atoms with van der Waals surface area (Å²) >= 11 is 3.48. The maximum Gasteiger partial charge on any atom is 0.277 e. The minimum Gasteiger partial charge on any atom is -0.368 e. The number of halogens is 1. The van der Waals surface area contributed by atoms with Gasteiger partial charge in [-0.2, -0.15) is 0 Å². The van der Waals surface area contributed by atoms with Gasteiger partial charge in [0.15, 0.2) is 6.54 Å². The molecule has 138 valence electrons. The molecule has 0 radical (unpaired) electrons. The van der Waals surface area contributed by atoms with Crippen LogP contribution in [0.15, 0.2) is 59.1 Å². The second kappa shape index (κ2) is 9.19. The van der Waals surface area contributed by atoms with Gasteiger partial charge < -0.3 is 15.1 Å². The molecule has 1 saturated heterocycles. The maximum absolute atomic E-state index is 12.6. The molecule has 26 heavy (non-hydrogen) atoms. The Hall–Kier alpha value is -1.85. The lowest BCUT2D eigenvalue weighted by molar-refractivity contribution is -0.686. The summed E-state index contributed by atoms with van der Waals surface area (Å²) in [6.07, 6.45) is 1.01. The lowest BCUT2D eigenvalue weighted by Gasteiger charge is -2.36. The van der Waals surface area contributed by atoms with Gasteiger partial charge in [-0.1, -0.05) is 53.2 Å². The summed E-state index contributed by atoms with van der Waals surface area (Å²) in [5.74, 6) is 0.244. The average Bonchev–Trinajstić information content (AvgIpc) is 2.70. The van der Waals surface area contributed by atoms with Crippen molar-refractivity contribution in [3.63, 3.8) is 0 Å². The highest BCUT2D eigenvalue weighted by Crippen LogP contribution is 2.17. The molecule has 2 N–H and O–H groups in total. The second-order valence-corrected chi connectivity index (χ2v) is 7.63. The molecule has 1 amide bonds. The van der Waals surface area contributed by atoms with Crippen molar-refractivity contribution in [2.75, 3.05) is 37.6 Å². The molecule has 0 spiro atoms. The minimum atomic E-state index is 0.244. The van der Waals surface area contributed by atoms with Crippen molar-refractivity contribution in [3.8, 4) is 0 Å². The van der Waals surface area contributed by atoms with Crippen molar-refractivity contribution in [2.45, 2.75) is 19.4 Å². The molecule has 1 fully saturated rings. The van der Waals surface area contributed by atoms with Gasteiger partial charge in [-0.05, 0) is 24.3 Å². The SMILES string of the molecule is CC[C@@H]([NH2+]CC(=O)N1CCN(c2ccccc2)CC1)c1ccc(Br)cc1. The number of nitrogens with zero attached hydrogens (tertiary/aromatic N) is 2. The molecule has 1 heterocycles. The van der Waals surface area contributed by atoms with Gasteiger partial charge in [-0.15, -0.1) is 0 Å². The maximum atomic E-state index is 12.6. The summed E-state index contributed by atoms with van der Waals surface area (Å²) in [6, 6.07) is 19.2. The third-order valence-corrected chi connectivity index (χ3v) is 5.60. The molecule has 0 aliphatic carbocycles. The summed E-state index contributed by atoms with van der Waals surface area (Å²) in [6.45, 7) is 6.10. The van der Waals surface area contributed by atoms with E-state index in [1.54, 1.807) is 0 Å². The quantitative estimate of drug-likeness (QED) is 0.786. The van der Waals surface area contributed by atoms with Crippen molar-refractivity contribution >= 4 is 27.5 Å². The molecule has 3 rings (SSSR count). The molecule has 1 aliphatic heterocycles. The molecular weight excluding hydrogens is 390 g/mol. The largest absolute Gasteiger partial charge is 0.368 e. The van der Waals surface area contributed by atoms with Crippen molar-refractivity contribution < 1.29 is 10.1 Å². The Kier molecular flexibility index (Phi) is 6.69. The molecule has 0 unspecified atom stereocenters. The number of nitrogens with two attached hydrogens (primary N) is 1. The van der Waals surface area contributed by atoms with E-state index in [1.807, 2.05) is 11.0 Å².